The summed E-state index contributed by atoms with van der Waals surface area (Å²) in [6.07, 6.45) is 1.98. The van der Waals surface area contributed by atoms with Crippen LogP contribution < -0.4 is 10.5 Å². The highest BCUT2D eigenvalue weighted by molar-refractivity contribution is 5.85. The maximum Gasteiger partial charge on any atom is 0.260 e. The monoisotopic (exact) mass is 354 g/mol. The summed E-state index contributed by atoms with van der Waals surface area (Å²) in [5.74, 6) is 1.34. The van der Waals surface area contributed by atoms with E-state index in [1.807, 2.05) is 24.0 Å². The second-order valence-electron chi connectivity index (χ2n) is 7.64. The molecule has 1 amide bonds. The van der Waals surface area contributed by atoms with E-state index in [9.17, 15) is 4.79 Å². The highest BCUT2D eigenvalue weighted by atomic mass is 35.5. The molecule has 1 heterocycles. The molecule has 136 valence electrons. The summed E-state index contributed by atoms with van der Waals surface area (Å²) in [7, 11) is 0. The summed E-state index contributed by atoms with van der Waals surface area (Å²) in [5.41, 5.74) is 7.32. The third-order valence-corrected chi connectivity index (χ3v) is 4.72. The Morgan fingerprint density at radius 3 is 2.25 bits per heavy atom. The molecule has 2 N–H and O–H groups in total. The number of halogens is 1. The Labute approximate surface area is 152 Å². The van der Waals surface area contributed by atoms with Crippen molar-refractivity contribution < 1.29 is 9.53 Å². The van der Waals surface area contributed by atoms with Crippen molar-refractivity contribution in [1.29, 1.82) is 0 Å². The molecule has 0 bridgehead atoms. The van der Waals surface area contributed by atoms with Gasteiger partial charge in [0.05, 0.1) is 0 Å². The van der Waals surface area contributed by atoms with Gasteiger partial charge in [-0.2, -0.15) is 0 Å². The normalized spacial score (nSPS) is 17.1. The van der Waals surface area contributed by atoms with E-state index in [4.69, 9.17) is 10.5 Å². The number of likely N-dealkylation sites (tertiary alicyclic amines) is 1. The van der Waals surface area contributed by atoms with Gasteiger partial charge in [0, 0.05) is 19.1 Å². The minimum atomic E-state index is 0. The summed E-state index contributed by atoms with van der Waals surface area (Å²) < 4.78 is 5.65. The van der Waals surface area contributed by atoms with Gasteiger partial charge in [-0.15, -0.1) is 12.4 Å². The fourth-order valence-electron chi connectivity index (χ4n) is 2.96. The largest absolute Gasteiger partial charge is 0.484 e. The van der Waals surface area contributed by atoms with Crippen molar-refractivity contribution in [2.24, 2.45) is 11.7 Å². The molecule has 0 spiro atoms. The van der Waals surface area contributed by atoms with Gasteiger partial charge in [-0.1, -0.05) is 32.9 Å². The zero-order valence-corrected chi connectivity index (χ0v) is 16.1. The predicted molar refractivity (Wildman–Crippen MR) is 101 cm³/mol. The number of amides is 1. The standard InChI is InChI=1S/C19H30N2O2.ClH/c1-14(20)15-9-11-21(12-10-15)18(22)13-23-17-7-5-16(6-8-17)19(2,3)4;/h5-8,14-15H,9-13,20H2,1-4H3;1H. The van der Waals surface area contributed by atoms with Gasteiger partial charge in [0.25, 0.3) is 5.91 Å². The number of nitrogens with zero attached hydrogens (tertiary/aromatic N) is 1. The summed E-state index contributed by atoms with van der Waals surface area (Å²) in [4.78, 5) is 14.1. The van der Waals surface area contributed by atoms with Crippen LogP contribution in [0.15, 0.2) is 24.3 Å². The molecule has 1 fully saturated rings. The number of nitrogens with two attached hydrogens (primary N) is 1. The number of carbonyl (C=O) groups is 1. The van der Waals surface area contributed by atoms with Crippen molar-refractivity contribution >= 4 is 18.3 Å². The molecule has 0 aliphatic carbocycles. The molecule has 4 nitrogen and oxygen atoms in total. The van der Waals surface area contributed by atoms with Gasteiger partial charge in [-0.05, 0) is 48.8 Å². The van der Waals surface area contributed by atoms with E-state index in [1.54, 1.807) is 0 Å². The van der Waals surface area contributed by atoms with Crippen molar-refractivity contribution in [2.45, 2.75) is 52.0 Å². The van der Waals surface area contributed by atoms with Crippen molar-refractivity contribution in [1.82, 2.24) is 4.90 Å². The first kappa shape index (κ1) is 20.8. The lowest BCUT2D eigenvalue weighted by Gasteiger charge is -2.33. The lowest BCUT2D eigenvalue weighted by Crippen LogP contribution is -2.44. The Hall–Kier alpha value is -1.26. The predicted octanol–water partition coefficient (Wildman–Crippen LogP) is 3.37. The Morgan fingerprint density at radius 2 is 1.79 bits per heavy atom. The maximum absolute atomic E-state index is 12.2. The van der Waals surface area contributed by atoms with Gasteiger partial charge in [0.2, 0.25) is 0 Å². The van der Waals surface area contributed by atoms with Gasteiger partial charge in [-0.3, -0.25) is 4.79 Å². The fourth-order valence-corrected chi connectivity index (χ4v) is 2.96. The summed E-state index contributed by atoms with van der Waals surface area (Å²) in [5, 5.41) is 0. The molecule has 1 saturated heterocycles. The van der Waals surface area contributed by atoms with Crippen LogP contribution in [0.4, 0.5) is 0 Å². The maximum atomic E-state index is 12.2. The molecular weight excluding hydrogens is 324 g/mol. The van der Waals surface area contributed by atoms with Gasteiger partial charge in [0.15, 0.2) is 6.61 Å². The molecule has 2 rings (SSSR count). The first-order valence-corrected chi connectivity index (χ1v) is 8.54. The number of piperidine rings is 1. The van der Waals surface area contributed by atoms with Crippen LogP contribution in [0.1, 0.15) is 46.1 Å². The fraction of sp³-hybridized carbons (Fsp3) is 0.632. The van der Waals surface area contributed by atoms with E-state index in [-0.39, 0.29) is 36.4 Å². The van der Waals surface area contributed by atoms with Crippen LogP contribution in [0.25, 0.3) is 0 Å². The molecule has 1 aromatic carbocycles. The average molecular weight is 355 g/mol. The molecule has 1 aliphatic heterocycles. The van der Waals surface area contributed by atoms with Gasteiger partial charge in [-0.25, -0.2) is 0 Å². The SMILES string of the molecule is CC(N)C1CCN(C(=O)COc2ccc(C(C)(C)C)cc2)CC1.Cl. The quantitative estimate of drug-likeness (QED) is 0.901. The highest BCUT2D eigenvalue weighted by Crippen LogP contribution is 2.24. The molecule has 0 radical (unpaired) electrons. The Bertz CT molecular complexity index is 515. The van der Waals surface area contributed by atoms with E-state index in [0.717, 1.165) is 31.7 Å². The minimum Gasteiger partial charge on any atom is -0.484 e. The lowest BCUT2D eigenvalue weighted by molar-refractivity contribution is -0.134. The number of benzene rings is 1. The van der Waals surface area contributed by atoms with Crippen molar-refractivity contribution in [3.8, 4) is 5.75 Å². The van der Waals surface area contributed by atoms with E-state index >= 15 is 0 Å². The molecule has 1 unspecified atom stereocenters. The molecule has 1 atom stereocenters. The van der Waals surface area contributed by atoms with Crippen molar-refractivity contribution in [3.63, 3.8) is 0 Å². The van der Waals surface area contributed by atoms with Crippen LogP contribution in [-0.2, 0) is 10.2 Å². The zero-order valence-electron chi connectivity index (χ0n) is 15.2. The van der Waals surface area contributed by atoms with Gasteiger partial charge >= 0.3 is 0 Å². The van der Waals surface area contributed by atoms with Gasteiger partial charge < -0.3 is 15.4 Å². The first-order valence-electron chi connectivity index (χ1n) is 8.54. The molecule has 24 heavy (non-hydrogen) atoms. The number of hydrogen-bond donors (Lipinski definition) is 1. The van der Waals surface area contributed by atoms with Crippen molar-refractivity contribution in [2.75, 3.05) is 19.7 Å². The third kappa shape index (κ3) is 5.67. The van der Waals surface area contributed by atoms with Crippen LogP contribution in [0.3, 0.4) is 0 Å². The molecule has 0 saturated carbocycles. The number of rotatable bonds is 4. The second kappa shape index (κ2) is 8.72. The summed E-state index contributed by atoms with van der Waals surface area (Å²) in [6.45, 7) is 10.3. The highest BCUT2D eigenvalue weighted by Gasteiger charge is 2.24. The van der Waals surface area contributed by atoms with E-state index in [2.05, 4.69) is 32.9 Å². The topological polar surface area (TPSA) is 55.6 Å². The van der Waals surface area contributed by atoms with Crippen LogP contribution in [0.5, 0.6) is 5.75 Å². The lowest BCUT2D eigenvalue weighted by atomic mass is 9.87. The Kier molecular flexibility index (Phi) is 7.56. The Balaban J connectivity index is 0.00000288. The van der Waals surface area contributed by atoms with E-state index < -0.39 is 0 Å². The average Bonchev–Trinajstić information content (AvgIpc) is 2.52. The van der Waals surface area contributed by atoms with Crippen LogP contribution in [0, 0.1) is 5.92 Å². The zero-order chi connectivity index (χ0) is 17.0. The third-order valence-electron chi connectivity index (χ3n) is 4.72. The number of hydrogen-bond acceptors (Lipinski definition) is 3. The number of carbonyl (C=O) groups excluding carboxylic acids is 1. The smallest absolute Gasteiger partial charge is 0.260 e. The van der Waals surface area contributed by atoms with E-state index in [0.29, 0.717) is 5.92 Å². The van der Waals surface area contributed by atoms with E-state index in [1.165, 1.54) is 5.56 Å². The molecular formula is C19H31ClN2O2. The molecule has 5 heteroatoms. The van der Waals surface area contributed by atoms with Crippen LogP contribution in [-0.4, -0.2) is 36.5 Å². The summed E-state index contributed by atoms with van der Waals surface area (Å²) in [6, 6.07) is 8.22. The van der Waals surface area contributed by atoms with Crippen LogP contribution in [0.2, 0.25) is 0 Å². The molecule has 1 aromatic rings. The van der Waals surface area contributed by atoms with Crippen LogP contribution >= 0.6 is 12.4 Å². The Morgan fingerprint density at radius 1 is 1.25 bits per heavy atom. The molecule has 0 aromatic heterocycles. The first-order chi connectivity index (χ1) is 10.8. The van der Waals surface area contributed by atoms with Gasteiger partial charge in [0.1, 0.15) is 5.75 Å². The number of ether oxygens (including phenoxy) is 1. The second-order valence-corrected chi connectivity index (χ2v) is 7.64. The minimum absolute atomic E-state index is 0. The molecule has 1 aliphatic rings. The van der Waals surface area contributed by atoms with Crippen molar-refractivity contribution in [3.05, 3.63) is 29.8 Å². The summed E-state index contributed by atoms with van der Waals surface area (Å²) >= 11 is 0.